The van der Waals surface area contributed by atoms with Gasteiger partial charge in [-0.1, -0.05) is 15.9 Å². The Morgan fingerprint density at radius 1 is 1.59 bits per heavy atom. The minimum Gasteiger partial charge on any atom is -0.449 e. The number of cyclic esters (lactones) is 1. The van der Waals surface area contributed by atoms with Crippen molar-refractivity contribution in [3.05, 3.63) is 28.2 Å². The molecule has 4 nitrogen and oxygen atoms in total. The van der Waals surface area contributed by atoms with Crippen LogP contribution in [0.4, 0.5) is 10.5 Å². The Balaban J connectivity index is 2.24. The van der Waals surface area contributed by atoms with Crippen LogP contribution in [0.5, 0.6) is 0 Å². The van der Waals surface area contributed by atoms with E-state index in [2.05, 4.69) is 15.9 Å². The molecule has 5 heteroatoms. The summed E-state index contributed by atoms with van der Waals surface area (Å²) in [7, 11) is 0. The lowest BCUT2D eigenvalue weighted by Gasteiger charge is -2.31. The molecule has 1 heterocycles. The molecule has 1 aromatic rings. The third-order valence-electron chi connectivity index (χ3n) is 2.82. The predicted molar refractivity (Wildman–Crippen MR) is 68.1 cm³/mol. The number of amides is 1. The number of aliphatic hydroxyl groups excluding tert-OH is 1. The molecule has 0 saturated carbocycles. The molecule has 1 aromatic carbocycles. The number of aliphatic hydroxyl groups is 1. The molecule has 0 bridgehead atoms. The fourth-order valence-corrected chi connectivity index (χ4v) is 2.02. The van der Waals surface area contributed by atoms with Gasteiger partial charge in [-0.3, -0.25) is 4.90 Å². The normalized spacial score (nSPS) is 20.3. The van der Waals surface area contributed by atoms with Gasteiger partial charge in [-0.05, 0) is 30.7 Å². The average molecular weight is 300 g/mol. The highest BCUT2D eigenvalue weighted by Gasteiger charge is 2.27. The Labute approximate surface area is 108 Å². The molecule has 0 spiro atoms. The lowest BCUT2D eigenvalue weighted by Crippen LogP contribution is -2.44. The van der Waals surface area contributed by atoms with Gasteiger partial charge >= 0.3 is 6.09 Å². The van der Waals surface area contributed by atoms with Gasteiger partial charge in [-0.15, -0.1) is 0 Å². The molecule has 1 amide bonds. The van der Waals surface area contributed by atoms with E-state index >= 15 is 0 Å². The molecule has 1 fully saturated rings. The topological polar surface area (TPSA) is 49.8 Å². The SMILES string of the molecule is Cc1cc(N2CC(CO)COC2=O)ccc1Br. The van der Waals surface area contributed by atoms with Crippen molar-refractivity contribution in [1.82, 2.24) is 0 Å². The molecular weight excluding hydrogens is 286 g/mol. The number of rotatable bonds is 2. The van der Waals surface area contributed by atoms with E-state index in [1.807, 2.05) is 25.1 Å². The summed E-state index contributed by atoms with van der Waals surface area (Å²) in [6.45, 7) is 2.78. The summed E-state index contributed by atoms with van der Waals surface area (Å²) in [6.07, 6.45) is -0.351. The summed E-state index contributed by atoms with van der Waals surface area (Å²) >= 11 is 3.42. The van der Waals surface area contributed by atoms with Crippen LogP contribution in [0, 0.1) is 12.8 Å². The first-order chi connectivity index (χ1) is 8.11. The minimum atomic E-state index is -0.351. The second-order valence-corrected chi connectivity index (χ2v) is 5.02. The quantitative estimate of drug-likeness (QED) is 0.912. The number of carbonyl (C=O) groups is 1. The van der Waals surface area contributed by atoms with E-state index in [1.165, 1.54) is 0 Å². The van der Waals surface area contributed by atoms with Crippen LogP contribution in [0.25, 0.3) is 0 Å². The van der Waals surface area contributed by atoms with Crippen molar-refractivity contribution in [2.45, 2.75) is 6.92 Å². The molecule has 0 aromatic heterocycles. The van der Waals surface area contributed by atoms with Crippen LogP contribution in [0.2, 0.25) is 0 Å². The molecule has 1 aliphatic heterocycles. The maximum atomic E-state index is 11.7. The zero-order valence-electron chi connectivity index (χ0n) is 9.52. The summed E-state index contributed by atoms with van der Waals surface area (Å²) in [4.78, 5) is 13.2. The summed E-state index contributed by atoms with van der Waals surface area (Å²) in [5.74, 6) is -0.0170. The van der Waals surface area contributed by atoms with Crippen molar-refractivity contribution in [2.75, 3.05) is 24.7 Å². The van der Waals surface area contributed by atoms with Crippen LogP contribution < -0.4 is 4.90 Å². The highest BCUT2D eigenvalue weighted by molar-refractivity contribution is 9.10. The number of nitrogens with zero attached hydrogens (tertiary/aromatic N) is 1. The summed E-state index contributed by atoms with van der Waals surface area (Å²) in [5, 5.41) is 9.12. The smallest absolute Gasteiger partial charge is 0.414 e. The van der Waals surface area contributed by atoms with Gasteiger partial charge in [0.2, 0.25) is 0 Å². The van der Waals surface area contributed by atoms with Crippen LogP contribution in [0.3, 0.4) is 0 Å². The molecule has 92 valence electrons. The molecule has 0 radical (unpaired) electrons. The number of hydrogen-bond acceptors (Lipinski definition) is 3. The highest BCUT2D eigenvalue weighted by Crippen LogP contribution is 2.25. The van der Waals surface area contributed by atoms with E-state index in [9.17, 15) is 4.79 Å². The Bertz CT molecular complexity index is 436. The van der Waals surface area contributed by atoms with Gasteiger partial charge in [0.1, 0.15) is 0 Å². The van der Waals surface area contributed by atoms with Gasteiger partial charge in [0.15, 0.2) is 0 Å². The average Bonchev–Trinajstić information content (AvgIpc) is 2.33. The van der Waals surface area contributed by atoms with Gasteiger partial charge in [0, 0.05) is 22.6 Å². The summed E-state index contributed by atoms with van der Waals surface area (Å²) < 4.78 is 6.04. The van der Waals surface area contributed by atoms with E-state index in [0.717, 1.165) is 15.7 Å². The van der Waals surface area contributed by atoms with Gasteiger partial charge in [-0.25, -0.2) is 4.79 Å². The summed E-state index contributed by atoms with van der Waals surface area (Å²) in [6, 6.07) is 5.68. The number of aryl methyl sites for hydroxylation is 1. The predicted octanol–water partition coefficient (Wildman–Crippen LogP) is 2.32. The minimum absolute atomic E-state index is 0.0170. The molecule has 2 rings (SSSR count). The molecule has 17 heavy (non-hydrogen) atoms. The number of carbonyl (C=O) groups excluding carboxylic acids is 1. The number of halogens is 1. The van der Waals surface area contributed by atoms with Crippen LogP contribution >= 0.6 is 15.9 Å². The largest absolute Gasteiger partial charge is 0.449 e. The molecule has 1 unspecified atom stereocenters. The third-order valence-corrected chi connectivity index (χ3v) is 3.70. The van der Waals surface area contributed by atoms with Crippen molar-refractivity contribution < 1.29 is 14.6 Å². The standard InChI is InChI=1S/C12H14BrNO3/c1-8-4-10(2-3-11(8)13)14-5-9(6-15)7-17-12(14)16/h2-4,9,15H,5-7H2,1H3. The maximum absolute atomic E-state index is 11.7. The third kappa shape index (κ3) is 2.61. The van der Waals surface area contributed by atoms with E-state index in [1.54, 1.807) is 4.90 Å². The second kappa shape index (κ2) is 5.06. The highest BCUT2D eigenvalue weighted by atomic mass is 79.9. The van der Waals surface area contributed by atoms with Crippen LogP contribution in [-0.4, -0.2) is 31.0 Å². The number of anilines is 1. The van der Waals surface area contributed by atoms with Crippen LogP contribution in [0.1, 0.15) is 5.56 Å². The number of ether oxygens (including phenoxy) is 1. The lowest BCUT2D eigenvalue weighted by atomic mass is 10.1. The first-order valence-electron chi connectivity index (χ1n) is 5.43. The number of hydrogen-bond donors (Lipinski definition) is 1. The Hall–Kier alpha value is -1.07. The Morgan fingerprint density at radius 3 is 3.00 bits per heavy atom. The molecule has 1 saturated heterocycles. The van der Waals surface area contributed by atoms with Crippen molar-refractivity contribution in [3.63, 3.8) is 0 Å². The van der Waals surface area contributed by atoms with Crippen LogP contribution in [0.15, 0.2) is 22.7 Å². The molecular formula is C12H14BrNO3. The fourth-order valence-electron chi connectivity index (χ4n) is 1.77. The van der Waals surface area contributed by atoms with Gasteiger partial charge in [-0.2, -0.15) is 0 Å². The number of benzene rings is 1. The first kappa shape index (κ1) is 12.4. The molecule has 0 aliphatic carbocycles. The summed E-state index contributed by atoms with van der Waals surface area (Å²) in [5.41, 5.74) is 1.86. The monoisotopic (exact) mass is 299 g/mol. The van der Waals surface area contributed by atoms with Gasteiger partial charge < -0.3 is 9.84 Å². The maximum Gasteiger partial charge on any atom is 0.414 e. The van der Waals surface area contributed by atoms with Crippen molar-refractivity contribution in [3.8, 4) is 0 Å². The van der Waals surface area contributed by atoms with Gasteiger partial charge in [0.05, 0.1) is 13.2 Å². The van der Waals surface area contributed by atoms with Crippen molar-refractivity contribution >= 4 is 27.7 Å². The fraction of sp³-hybridized carbons (Fsp3) is 0.417. The van der Waals surface area contributed by atoms with Gasteiger partial charge in [0.25, 0.3) is 0 Å². The zero-order valence-corrected chi connectivity index (χ0v) is 11.1. The molecule has 1 atom stereocenters. The van der Waals surface area contributed by atoms with Crippen molar-refractivity contribution in [2.24, 2.45) is 5.92 Å². The Kier molecular flexibility index (Phi) is 3.69. The zero-order chi connectivity index (χ0) is 12.4. The van der Waals surface area contributed by atoms with E-state index < -0.39 is 0 Å². The molecule has 1 aliphatic rings. The Morgan fingerprint density at radius 2 is 2.35 bits per heavy atom. The van der Waals surface area contributed by atoms with E-state index in [-0.39, 0.29) is 18.6 Å². The lowest BCUT2D eigenvalue weighted by molar-refractivity contribution is 0.0900. The second-order valence-electron chi connectivity index (χ2n) is 4.17. The molecule has 1 N–H and O–H groups in total. The van der Waals surface area contributed by atoms with E-state index in [4.69, 9.17) is 9.84 Å². The van der Waals surface area contributed by atoms with Crippen LogP contribution in [-0.2, 0) is 4.74 Å². The van der Waals surface area contributed by atoms with E-state index in [0.29, 0.717) is 13.2 Å². The first-order valence-corrected chi connectivity index (χ1v) is 6.22. The van der Waals surface area contributed by atoms with Crippen molar-refractivity contribution in [1.29, 1.82) is 0 Å².